The van der Waals surface area contributed by atoms with E-state index in [1.165, 1.54) is 44.9 Å². The lowest BCUT2D eigenvalue weighted by atomic mass is 10.0. The number of carbonyl (C=O) groups is 8. The van der Waals surface area contributed by atoms with E-state index < -0.39 is 48.4 Å². The summed E-state index contributed by atoms with van der Waals surface area (Å²) in [7, 11) is 0. The van der Waals surface area contributed by atoms with Crippen LogP contribution in [0, 0.1) is 0 Å². The van der Waals surface area contributed by atoms with Crippen LogP contribution in [0.25, 0.3) is 0 Å². The predicted molar refractivity (Wildman–Crippen MR) is 203 cm³/mol. The highest BCUT2D eigenvalue weighted by molar-refractivity contribution is 6.01. The molecule has 1 atom stereocenters. The molecule has 0 saturated carbocycles. The van der Waals surface area contributed by atoms with E-state index in [0.29, 0.717) is 37.4 Å². The van der Waals surface area contributed by atoms with Crippen molar-refractivity contribution in [3.05, 3.63) is 0 Å². The van der Waals surface area contributed by atoms with Crippen molar-refractivity contribution in [3.63, 3.8) is 0 Å². The van der Waals surface area contributed by atoms with Gasteiger partial charge in [0.2, 0.25) is 11.8 Å². The Bertz CT molecular complexity index is 1190. The summed E-state index contributed by atoms with van der Waals surface area (Å²) < 4.78 is 10.4. The number of rotatable bonds is 36. The fourth-order valence-corrected chi connectivity index (χ4v) is 5.71. The summed E-state index contributed by atoms with van der Waals surface area (Å²) in [5.74, 6) is -4.57. The van der Waals surface area contributed by atoms with E-state index in [2.05, 4.69) is 26.1 Å². The molecule has 0 aliphatic carbocycles. The molecule has 6 amide bonds. The summed E-state index contributed by atoms with van der Waals surface area (Å²) in [5.41, 5.74) is 0. The average molecular weight is 800 g/mol. The first-order chi connectivity index (χ1) is 27.0. The van der Waals surface area contributed by atoms with Crippen molar-refractivity contribution in [2.75, 3.05) is 46.1 Å². The maximum absolute atomic E-state index is 12.3. The van der Waals surface area contributed by atoms with E-state index in [4.69, 9.17) is 14.6 Å². The molecule has 320 valence electrons. The molecule has 56 heavy (non-hydrogen) atoms. The van der Waals surface area contributed by atoms with Crippen LogP contribution in [0.3, 0.4) is 0 Å². The minimum atomic E-state index is -1.18. The fraction of sp³-hybridized carbons (Fsp3) is 0.789. The summed E-state index contributed by atoms with van der Waals surface area (Å²) in [6.07, 6.45) is 16.7. The molecule has 1 fully saturated rings. The number of hydrogen-bond donors (Lipinski definition) is 6. The number of aliphatic carboxylic acids is 2. The standard InChI is InChI=1S/C38H65N5O13/c44-31(39-23-15-16-24-40-38(53)41-25-26-54-27-28-55-29-36(50)56-43-33(46)21-22-34(43)47)20-19-30(37(51)52)42-32(45)17-13-11-9-7-5-3-1-2-4-6-8-10-12-14-18-35(48)49/h30H,1-29H2,(H,39,44)(H,42,45)(H,48,49)(H,51,52)(H2,40,41,53)/t30-/m0/s1. The van der Waals surface area contributed by atoms with Crippen molar-refractivity contribution >= 4 is 47.6 Å². The lowest BCUT2D eigenvalue weighted by molar-refractivity contribution is -0.200. The van der Waals surface area contributed by atoms with Gasteiger partial charge in [0.05, 0.1) is 19.8 Å². The molecule has 1 aliphatic heterocycles. The number of urea groups is 1. The molecule has 0 aromatic heterocycles. The predicted octanol–water partition coefficient (Wildman–Crippen LogP) is 3.50. The van der Waals surface area contributed by atoms with Crippen LogP contribution in [0.2, 0.25) is 0 Å². The minimum absolute atomic E-state index is 0.00482. The molecule has 1 heterocycles. The van der Waals surface area contributed by atoms with Gasteiger partial charge in [-0.2, -0.15) is 0 Å². The summed E-state index contributed by atoms with van der Waals surface area (Å²) >= 11 is 0. The van der Waals surface area contributed by atoms with Crippen molar-refractivity contribution in [2.24, 2.45) is 0 Å². The highest BCUT2D eigenvalue weighted by atomic mass is 16.7. The van der Waals surface area contributed by atoms with Gasteiger partial charge in [0.15, 0.2) is 0 Å². The maximum atomic E-state index is 12.3. The normalized spacial score (nSPS) is 13.0. The zero-order chi connectivity index (χ0) is 41.2. The number of amides is 6. The van der Waals surface area contributed by atoms with Gasteiger partial charge >= 0.3 is 23.9 Å². The number of hydroxylamine groups is 2. The Labute approximate surface area is 329 Å². The van der Waals surface area contributed by atoms with Gasteiger partial charge in [-0.05, 0) is 32.1 Å². The summed E-state index contributed by atoms with van der Waals surface area (Å²) in [5, 5.41) is 29.1. The number of unbranched alkanes of at least 4 members (excludes halogenated alkanes) is 14. The monoisotopic (exact) mass is 799 g/mol. The third kappa shape index (κ3) is 28.1. The zero-order valence-electron chi connectivity index (χ0n) is 32.9. The van der Waals surface area contributed by atoms with E-state index in [-0.39, 0.29) is 76.7 Å². The van der Waals surface area contributed by atoms with Crippen LogP contribution in [0.5, 0.6) is 0 Å². The molecule has 18 nitrogen and oxygen atoms in total. The molecule has 0 unspecified atom stereocenters. The number of nitrogens with one attached hydrogen (secondary N) is 4. The summed E-state index contributed by atoms with van der Waals surface area (Å²) in [6, 6.07) is -1.52. The Balaban J connectivity index is 1.93. The van der Waals surface area contributed by atoms with E-state index in [1.54, 1.807) is 0 Å². The topological polar surface area (TPSA) is 256 Å². The van der Waals surface area contributed by atoms with E-state index in [9.17, 15) is 43.5 Å². The number of nitrogens with zero attached hydrogens (tertiary/aromatic N) is 1. The number of carboxylic acid groups (broad SMARTS) is 2. The molecule has 18 heteroatoms. The number of carboxylic acids is 2. The first-order valence-corrected chi connectivity index (χ1v) is 20.2. The SMILES string of the molecule is O=C(O)CCCCCCCCCCCCCCCCC(=O)N[C@@H](CCC(=O)NCCCCNC(=O)NCCOCCOCC(=O)ON1C(=O)CCC1=O)C(=O)O. The van der Waals surface area contributed by atoms with Gasteiger partial charge in [0.25, 0.3) is 11.8 Å². The van der Waals surface area contributed by atoms with Crippen LogP contribution in [0.1, 0.15) is 141 Å². The number of carbonyl (C=O) groups excluding carboxylic acids is 6. The molecule has 0 aromatic carbocycles. The van der Waals surface area contributed by atoms with Gasteiger partial charge < -0.3 is 45.8 Å². The van der Waals surface area contributed by atoms with E-state index in [0.717, 1.165) is 38.5 Å². The number of ether oxygens (including phenoxy) is 2. The molecular weight excluding hydrogens is 734 g/mol. The first kappa shape index (κ1) is 49.7. The Morgan fingerprint density at radius 1 is 0.571 bits per heavy atom. The molecular formula is C38H65N5O13. The molecule has 0 radical (unpaired) electrons. The number of imide groups is 1. The van der Waals surface area contributed by atoms with Crippen molar-refractivity contribution in [2.45, 2.75) is 147 Å². The van der Waals surface area contributed by atoms with Crippen molar-refractivity contribution < 1.29 is 62.9 Å². The largest absolute Gasteiger partial charge is 0.481 e. The highest BCUT2D eigenvalue weighted by Gasteiger charge is 2.32. The van der Waals surface area contributed by atoms with Crippen molar-refractivity contribution in [3.8, 4) is 0 Å². The van der Waals surface area contributed by atoms with Crippen molar-refractivity contribution in [1.29, 1.82) is 0 Å². The Morgan fingerprint density at radius 2 is 1.07 bits per heavy atom. The lowest BCUT2D eigenvalue weighted by Gasteiger charge is -2.14. The molecule has 1 saturated heterocycles. The highest BCUT2D eigenvalue weighted by Crippen LogP contribution is 2.14. The molecule has 0 bridgehead atoms. The van der Waals surface area contributed by atoms with Crippen LogP contribution >= 0.6 is 0 Å². The average Bonchev–Trinajstić information content (AvgIpc) is 3.47. The van der Waals surface area contributed by atoms with Crippen LogP contribution in [-0.2, 0) is 47.9 Å². The van der Waals surface area contributed by atoms with Gasteiger partial charge in [-0.15, -0.1) is 5.06 Å². The van der Waals surface area contributed by atoms with Gasteiger partial charge in [-0.3, -0.25) is 24.0 Å². The zero-order valence-corrected chi connectivity index (χ0v) is 32.9. The smallest absolute Gasteiger partial charge is 0.358 e. The molecule has 1 aliphatic rings. The lowest BCUT2D eigenvalue weighted by Crippen LogP contribution is -2.41. The maximum Gasteiger partial charge on any atom is 0.358 e. The fourth-order valence-electron chi connectivity index (χ4n) is 5.71. The molecule has 1 rings (SSSR count). The van der Waals surface area contributed by atoms with Crippen LogP contribution in [0.15, 0.2) is 0 Å². The van der Waals surface area contributed by atoms with Gasteiger partial charge in [0, 0.05) is 51.7 Å². The minimum Gasteiger partial charge on any atom is -0.481 e. The Kier molecular flexibility index (Phi) is 29.2. The summed E-state index contributed by atoms with van der Waals surface area (Å²) in [4.78, 5) is 97.7. The first-order valence-electron chi connectivity index (χ1n) is 20.2. The second kappa shape index (κ2) is 32.9. The number of hydrogen-bond acceptors (Lipinski definition) is 11. The van der Waals surface area contributed by atoms with Gasteiger partial charge in [-0.1, -0.05) is 77.0 Å². The van der Waals surface area contributed by atoms with Gasteiger partial charge in [0.1, 0.15) is 12.6 Å². The Morgan fingerprint density at radius 3 is 1.62 bits per heavy atom. The molecule has 6 N–H and O–H groups in total. The second-order valence-corrected chi connectivity index (χ2v) is 13.8. The quantitative estimate of drug-likeness (QED) is 0.0393. The third-order valence-electron chi connectivity index (χ3n) is 8.87. The van der Waals surface area contributed by atoms with E-state index >= 15 is 0 Å². The summed E-state index contributed by atoms with van der Waals surface area (Å²) in [6.45, 7) is 0.893. The Hall–Kier alpha value is -4.32. The third-order valence-corrected chi connectivity index (χ3v) is 8.87. The van der Waals surface area contributed by atoms with Crippen molar-refractivity contribution in [1.82, 2.24) is 26.3 Å². The van der Waals surface area contributed by atoms with Gasteiger partial charge in [-0.25, -0.2) is 14.4 Å². The van der Waals surface area contributed by atoms with E-state index in [1.807, 2.05) is 0 Å². The second-order valence-electron chi connectivity index (χ2n) is 13.8. The van der Waals surface area contributed by atoms with Crippen LogP contribution in [-0.4, -0.2) is 115 Å². The molecule has 0 aromatic rings. The molecule has 0 spiro atoms. The van der Waals surface area contributed by atoms with Crippen LogP contribution in [0.4, 0.5) is 4.79 Å². The van der Waals surface area contributed by atoms with Crippen LogP contribution < -0.4 is 21.3 Å².